The van der Waals surface area contributed by atoms with Gasteiger partial charge in [-0.3, -0.25) is 5.10 Å². The fourth-order valence-electron chi connectivity index (χ4n) is 5.79. The maximum absolute atomic E-state index is 15.2. The zero-order valence-corrected chi connectivity index (χ0v) is 30.6. The summed E-state index contributed by atoms with van der Waals surface area (Å²) < 4.78 is 15.2. The number of aryl methyl sites for hydroxylation is 1. The predicted octanol–water partition coefficient (Wildman–Crippen LogP) is 8.76. The summed E-state index contributed by atoms with van der Waals surface area (Å²) in [5.41, 5.74) is 8.30. The lowest BCUT2D eigenvalue weighted by Gasteiger charge is -2.19. The van der Waals surface area contributed by atoms with E-state index in [0.717, 1.165) is 94.2 Å². The SMILES string of the molecule is C=C/C=C(/c1cc(F)cc(C(CC)CCN(C)C)c1)c1nc(-c2n[nH]c(=C/C)/c2=C\C(=C)C(/C=C(\C=C)NC(=C)CCCC)=C/C)[nH]c1C. The summed E-state index contributed by atoms with van der Waals surface area (Å²) >= 11 is 0. The average molecular weight is 663 g/mol. The molecule has 0 radical (unpaired) electrons. The topological polar surface area (TPSA) is 72.6 Å². The molecule has 0 bridgehead atoms. The Morgan fingerprint density at radius 2 is 1.88 bits per heavy atom. The first-order chi connectivity index (χ1) is 23.5. The van der Waals surface area contributed by atoms with Crippen LogP contribution in [0.3, 0.4) is 0 Å². The van der Waals surface area contributed by atoms with Crippen molar-refractivity contribution < 1.29 is 4.39 Å². The molecule has 0 fully saturated rings. The van der Waals surface area contributed by atoms with Gasteiger partial charge in [-0.1, -0.05) is 77.0 Å². The van der Waals surface area contributed by atoms with E-state index in [2.05, 4.69) is 85.7 Å². The Balaban J connectivity index is 2.07. The number of H-pyrrole nitrogens is 2. The molecule has 0 spiro atoms. The number of hydrogen-bond donors (Lipinski definition) is 3. The van der Waals surface area contributed by atoms with Crippen LogP contribution in [0.25, 0.3) is 29.2 Å². The molecule has 6 nitrogen and oxygen atoms in total. The second-order valence-electron chi connectivity index (χ2n) is 12.6. The second kappa shape index (κ2) is 18.7. The van der Waals surface area contributed by atoms with Gasteiger partial charge in [0, 0.05) is 27.9 Å². The quantitative estimate of drug-likeness (QED) is 0.119. The lowest BCUT2D eigenvalue weighted by molar-refractivity contribution is 0.377. The number of halogens is 1. The largest absolute Gasteiger partial charge is 0.359 e. The minimum Gasteiger partial charge on any atom is -0.359 e. The van der Waals surface area contributed by atoms with Gasteiger partial charge >= 0.3 is 0 Å². The minimum atomic E-state index is -0.265. The molecule has 0 saturated carbocycles. The van der Waals surface area contributed by atoms with Crippen LogP contribution in [0.5, 0.6) is 0 Å². The first kappa shape index (κ1) is 38.7. The fraction of sp³-hybridized carbons (Fsp3) is 0.333. The third-order valence-corrected chi connectivity index (χ3v) is 8.58. The van der Waals surface area contributed by atoms with Gasteiger partial charge in [-0.2, -0.15) is 5.10 Å². The van der Waals surface area contributed by atoms with E-state index in [1.165, 1.54) is 0 Å². The highest BCUT2D eigenvalue weighted by atomic mass is 19.1. The molecule has 1 atom stereocenters. The van der Waals surface area contributed by atoms with E-state index in [-0.39, 0.29) is 11.7 Å². The van der Waals surface area contributed by atoms with Crippen molar-refractivity contribution in [1.29, 1.82) is 0 Å². The normalized spacial score (nSPS) is 14.0. The van der Waals surface area contributed by atoms with E-state index in [4.69, 9.17) is 4.98 Å². The van der Waals surface area contributed by atoms with E-state index in [0.29, 0.717) is 17.2 Å². The van der Waals surface area contributed by atoms with Crippen LogP contribution in [0, 0.1) is 12.7 Å². The third kappa shape index (κ3) is 10.4. The molecule has 7 heteroatoms. The van der Waals surface area contributed by atoms with Crippen molar-refractivity contribution in [3.63, 3.8) is 0 Å². The number of hydrogen-bond acceptors (Lipinski definition) is 4. The van der Waals surface area contributed by atoms with E-state index >= 15 is 4.39 Å². The molecule has 0 aliphatic heterocycles. The van der Waals surface area contributed by atoms with Crippen LogP contribution in [0.2, 0.25) is 0 Å². The molecule has 0 aliphatic rings. The number of imidazole rings is 1. The zero-order valence-electron chi connectivity index (χ0n) is 30.6. The summed E-state index contributed by atoms with van der Waals surface area (Å²) in [5.74, 6) is 0.573. The molecule has 2 heterocycles. The zero-order chi connectivity index (χ0) is 36.1. The van der Waals surface area contributed by atoms with Crippen molar-refractivity contribution in [1.82, 2.24) is 30.4 Å². The van der Waals surface area contributed by atoms with Gasteiger partial charge in [0.1, 0.15) is 11.5 Å². The van der Waals surface area contributed by atoms with Gasteiger partial charge in [0.25, 0.3) is 0 Å². The number of unbranched alkanes of at least 4 members (excludes halogenated alkanes) is 1. The molecule has 3 rings (SSSR count). The van der Waals surface area contributed by atoms with Crippen LogP contribution in [0.1, 0.15) is 88.2 Å². The standard InChI is InChI=1S/C42H55FN6/c1-12-18-20-29(8)44-36(16-5)27-32(15-4)28(7)23-38-39(17-6)47-48-41(38)42-45-30(9)40(46-42)37(19-13-2)34-24-33(25-35(43)26-34)31(14-3)21-22-49(10)11/h13,15-17,19,23-27,31,44,47H,2,5,7-8,12,14,18,20-22H2,1,3-4,6,9-11H3,(H,45,46)/b32-15+,36-27+,37-19-,38-23+,39-17+. The molecular formula is C42H55FN6. The van der Waals surface area contributed by atoms with Crippen LogP contribution in [-0.2, 0) is 0 Å². The van der Waals surface area contributed by atoms with E-state index in [9.17, 15) is 0 Å². The maximum atomic E-state index is 15.2. The van der Waals surface area contributed by atoms with Gasteiger partial charge in [-0.15, -0.1) is 0 Å². The summed E-state index contributed by atoms with van der Waals surface area (Å²) in [4.78, 5) is 10.7. The lowest BCUT2D eigenvalue weighted by Crippen LogP contribution is -2.24. The van der Waals surface area contributed by atoms with E-state index < -0.39 is 0 Å². The monoisotopic (exact) mass is 662 g/mol. The molecule has 1 aromatic carbocycles. The van der Waals surface area contributed by atoms with Gasteiger partial charge in [0.05, 0.1) is 11.0 Å². The Labute approximate surface area is 293 Å². The molecule has 260 valence electrons. The van der Waals surface area contributed by atoms with Crippen molar-refractivity contribution in [2.24, 2.45) is 0 Å². The predicted molar refractivity (Wildman–Crippen MR) is 208 cm³/mol. The van der Waals surface area contributed by atoms with Gasteiger partial charge in [-0.05, 0) is 126 Å². The summed E-state index contributed by atoms with van der Waals surface area (Å²) in [7, 11) is 4.13. The van der Waals surface area contributed by atoms with Crippen molar-refractivity contribution in [3.8, 4) is 11.5 Å². The Hall–Kier alpha value is -4.75. The Bertz CT molecular complexity index is 1860. The second-order valence-corrected chi connectivity index (χ2v) is 12.6. The molecule has 0 amide bonds. The lowest BCUT2D eigenvalue weighted by atomic mass is 9.89. The van der Waals surface area contributed by atoms with Gasteiger partial charge in [-0.25, -0.2) is 9.37 Å². The highest BCUT2D eigenvalue weighted by Crippen LogP contribution is 2.32. The van der Waals surface area contributed by atoms with Crippen LogP contribution in [0.15, 0.2) is 97.4 Å². The molecule has 1 unspecified atom stereocenters. The van der Waals surface area contributed by atoms with Crippen LogP contribution >= 0.6 is 0 Å². The van der Waals surface area contributed by atoms with Crippen molar-refractivity contribution in [3.05, 3.63) is 136 Å². The Morgan fingerprint density at radius 1 is 1.12 bits per heavy atom. The summed E-state index contributed by atoms with van der Waals surface area (Å²) in [6.07, 6.45) is 18.4. The Morgan fingerprint density at radius 3 is 2.49 bits per heavy atom. The van der Waals surface area contributed by atoms with Gasteiger partial charge in [0.2, 0.25) is 0 Å². The molecule has 0 aliphatic carbocycles. The first-order valence-electron chi connectivity index (χ1n) is 17.2. The number of rotatable bonds is 18. The molecule has 49 heavy (non-hydrogen) atoms. The summed E-state index contributed by atoms with van der Waals surface area (Å²) in [6, 6.07) is 5.33. The third-order valence-electron chi connectivity index (χ3n) is 8.58. The van der Waals surface area contributed by atoms with Crippen molar-refractivity contribution in [2.45, 2.75) is 72.6 Å². The number of nitrogens with zero attached hydrogens (tertiary/aromatic N) is 3. The van der Waals surface area contributed by atoms with Crippen LogP contribution in [0.4, 0.5) is 4.39 Å². The minimum absolute atomic E-state index is 0.242. The van der Waals surface area contributed by atoms with Crippen molar-refractivity contribution >= 4 is 17.7 Å². The number of allylic oxidation sites excluding steroid dienone is 8. The summed E-state index contributed by atoms with van der Waals surface area (Å²) in [6.45, 7) is 27.7. The van der Waals surface area contributed by atoms with Gasteiger partial charge in [0.15, 0.2) is 5.82 Å². The molecule has 3 aromatic rings. The number of benzene rings is 1. The van der Waals surface area contributed by atoms with E-state index in [1.807, 2.05) is 51.2 Å². The highest BCUT2D eigenvalue weighted by molar-refractivity contribution is 5.81. The number of aromatic nitrogens is 4. The smallest absolute Gasteiger partial charge is 0.159 e. The summed E-state index contributed by atoms with van der Waals surface area (Å²) in [5, 5.41) is 12.9. The van der Waals surface area contributed by atoms with Crippen LogP contribution in [-0.4, -0.2) is 45.7 Å². The number of aromatic amines is 2. The van der Waals surface area contributed by atoms with E-state index in [1.54, 1.807) is 24.3 Å². The molecule has 0 saturated heterocycles. The van der Waals surface area contributed by atoms with Crippen LogP contribution < -0.4 is 15.9 Å². The first-order valence-corrected chi connectivity index (χ1v) is 17.2. The fourth-order valence-corrected chi connectivity index (χ4v) is 5.79. The molecular weight excluding hydrogens is 608 g/mol. The molecule has 2 aromatic heterocycles. The van der Waals surface area contributed by atoms with Crippen molar-refractivity contribution in [2.75, 3.05) is 20.6 Å². The molecule has 3 N–H and O–H groups in total. The maximum Gasteiger partial charge on any atom is 0.159 e. The Kier molecular flexibility index (Phi) is 14.8. The van der Waals surface area contributed by atoms with Gasteiger partial charge < -0.3 is 15.2 Å². The average Bonchev–Trinajstić information content (AvgIpc) is 3.66. The number of nitrogens with one attached hydrogen (secondary N) is 3. The highest BCUT2D eigenvalue weighted by Gasteiger charge is 2.19.